The number of aliphatic imine (C=N–C) groups is 1. The van der Waals surface area contributed by atoms with Crippen LogP contribution in [0.1, 0.15) is 63.7 Å². The molecule has 11 heteroatoms. The van der Waals surface area contributed by atoms with Crippen molar-refractivity contribution in [3.05, 3.63) is 64.1 Å². The zero-order valence-corrected chi connectivity index (χ0v) is 26.7. The largest absolute Gasteiger partial charge is 0.494 e. The van der Waals surface area contributed by atoms with Crippen LogP contribution in [0, 0.1) is 0 Å². The molecule has 1 aliphatic rings. The van der Waals surface area contributed by atoms with Crippen molar-refractivity contribution in [2.45, 2.75) is 63.7 Å². The number of amides is 1. The number of carbonyl (C=O) groups excluding carboxylic acids is 2. The standard InChI is InChI=1S/C31H43BrN4O6/c1-30(2,3)42-26(38)16-17-31(29(39)35-33-18-6-19-36(4)5)27(22-8-12-24(32)13-9-22)41-28(34-31)23-10-14-25(15-11-23)40-21-7-20-37/h8-15,27,33,37H,6-7,16-21H2,1-5H3,(H,35,39)/t27-,31-/m0/s1. The molecule has 10 nitrogen and oxygen atoms in total. The minimum Gasteiger partial charge on any atom is -0.494 e. The highest BCUT2D eigenvalue weighted by Gasteiger charge is 2.53. The molecule has 2 atom stereocenters. The molecule has 0 saturated carbocycles. The first-order chi connectivity index (χ1) is 19.9. The number of hydrazine groups is 1. The minimum absolute atomic E-state index is 0.0316. The molecule has 0 bridgehead atoms. The number of nitrogens with one attached hydrogen (secondary N) is 2. The number of hydrogen-bond donors (Lipinski definition) is 3. The van der Waals surface area contributed by atoms with E-state index >= 15 is 0 Å². The smallest absolute Gasteiger partial charge is 0.306 e. The fourth-order valence-electron chi connectivity index (χ4n) is 4.43. The maximum atomic E-state index is 14.0. The monoisotopic (exact) mass is 646 g/mol. The highest BCUT2D eigenvalue weighted by Crippen LogP contribution is 2.43. The third-order valence-electron chi connectivity index (χ3n) is 6.44. The van der Waals surface area contributed by atoms with Crippen LogP contribution in [0.25, 0.3) is 0 Å². The summed E-state index contributed by atoms with van der Waals surface area (Å²) < 4.78 is 18.6. The summed E-state index contributed by atoms with van der Waals surface area (Å²) >= 11 is 3.48. The van der Waals surface area contributed by atoms with Crippen LogP contribution in [0.2, 0.25) is 0 Å². The number of ether oxygens (including phenoxy) is 3. The van der Waals surface area contributed by atoms with Gasteiger partial charge in [0.1, 0.15) is 11.4 Å². The Bertz CT molecular complexity index is 1200. The molecule has 0 saturated heterocycles. The van der Waals surface area contributed by atoms with E-state index in [-0.39, 0.29) is 25.3 Å². The predicted octanol–water partition coefficient (Wildman–Crippen LogP) is 4.16. The van der Waals surface area contributed by atoms with Crippen LogP contribution >= 0.6 is 15.9 Å². The van der Waals surface area contributed by atoms with Gasteiger partial charge in [-0.25, -0.2) is 10.4 Å². The highest BCUT2D eigenvalue weighted by atomic mass is 79.9. The van der Waals surface area contributed by atoms with Gasteiger partial charge in [-0.3, -0.25) is 15.0 Å². The van der Waals surface area contributed by atoms with E-state index in [4.69, 9.17) is 24.3 Å². The maximum absolute atomic E-state index is 14.0. The first-order valence-corrected chi connectivity index (χ1v) is 15.0. The molecule has 0 aliphatic carbocycles. The van der Waals surface area contributed by atoms with E-state index in [1.807, 2.05) is 71.3 Å². The summed E-state index contributed by atoms with van der Waals surface area (Å²) in [7, 11) is 3.99. The number of aliphatic hydroxyl groups excluding tert-OH is 1. The van der Waals surface area contributed by atoms with Gasteiger partial charge < -0.3 is 24.2 Å². The number of halogens is 1. The lowest BCUT2D eigenvalue weighted by Crippen LogP contribution is -2.53. The average Bonchev–Trinajstić information content (AvgIpc) is 3.32. The van der Waals surface area contributed by atoms with Crippen LogP contribution in [-0.4, -0.2) is 79.3 Å². The van der Waals surface area contributed by atoms with Gasteiger partial charge in [-0.05, 0) is 96.2 Å². The van der Waals surface area contributed by atoms with Crippen molar-refractivity contribution < 1.29 is 28.9 Å². The molecule has 3 N–H and O–H groups in total. The Kier molecular flexibility index (Phi) is 12.3. The van der Waals surface area contributed by atoms with Crippen molar-refractivity contribution in [3.63, 3.8) is 0 Å². The average molecular weight is 648 g/mol. The van der Waals surface area contributed by atoms with Crippen LogP contribution in [0.5, 0.6) is 5.75 Å². The maximum Gasteiger partial charge on any atom is 0.306 e. The number of esters is 1. The van der Waals surface area contributed by atoms with Gasteiger partial charge in [0.05, 0.1) is 6.61 Å². The van der Waals surface area contributed by atoms with Gasteiger partial charge in [-0.15, -0.1) is 0 Å². The molecular weight excluding hydrogens is 604 g/mol. The summed E-state index contributed by atoms with van der Waals surface area (Å²) in [5.74, 6) is 0.113. The van der Waals surface area contributed by atoms with Crippen LogP contribution < -0.4 is 15.6 Å². The molecule has 1 heterocycles. The fraction of sp³-hybridized carbons (Fsp3) is 0.516. The lowest BCUT2D eigenvalue weighted by atomic mass is 9.83. The Labute approximate surface area is 256 Å². The predicted molar refractivity (Wildman–Crippen MR) is 165 cm³/mol. The number of rotatable bonds is 15. The first kappa shape index (κ1) is 33.5. The topological polar surface area (TPSA) is 122 Å². The zero-order valence-electron chi connectivity index (χ0n) is 25.1. The number of aliphatic hydroxyl groups is 1. The molecular formula is C31H43BrN4O6. The number of benzene rings is 2. The Morgan fingerprint density at radius 1 is 1.10 bits per heavy atom. The van der Waals surface area contributed by atoms with E-state index in [9.17, 15) is 9.59 Å². The molecule has 2 aromatic rings. The van der Waals surface area contributed by atoms with Crippen molar-refractivity contribution in [2.24, 2.45) is 4.99 Å². The van der Waals surface area contributed by atoms with E-state index in [0.29, 0.717) is 30.9 Å². The SMILES string of the molecule is CN(C)CCCNNC(=O)[C@@]1(CCC(=O)OC(C)(C)C)N=C(c2ccc(OCCCO)cc2)O[C@H]1c1ccc(Br)cc1. The second kappa shape index (κ2) is 15.5. The van der Waals surface area contributed by atoms with Crippen molar-refractivity contribution in [3.8, 4) is 5.75 Å². The van der Waals surface area contributed by atoms with E-state index in [0.717, 1.165) is 23.0 Å². The molecule has 3 rings (SSSR count). The van der Waals surface area contributed by atoms with Gasteiger partial charge in [0, 0.05) is 36.0 Å². The molecule has 0 radical (unpaired) electrons. The summed E-state index contributed by atoms with van der Waals surface area (Å²) in [6.07, 6.45) is 0.597. The lowest BCUT2D eigenvalue weighted by Gasteiger charge is -2.31. The molecule has 0 unspecified atom stereocenters. The molecule has 2 aromatic carbocycles. The van der Waals surface area contributed by atoms with Crippen LogP contribution in [0.15, 0.2) is 58.0 Å². The summed E-state index contributed by atoms with van der Waals surface area (Å²) in [6, 6.07) is 14.7. The molecule has 0 aromatic heterocycles. The van der Waals surface area contributed by atoms with Crippen LogP contribution in [0.3, 0.4) is 0 Å². The van der Waals surface area contributed by atoms with E-state index < -0.39 is 29.1 Å². The minimum atomic E-state index is -1.45. The van der Waals surface area contributed by atoms with E-state index in [2.05, 4.69) is 31.7 Å². The quantitative estimate of drug-likeness (QED) is 0.150. The summed E-state index contributed by atoms with van der Waals surface area (Å²) in [5, 5.41) is 9.01. The third-order valence-corrected chi connectivity index (χ3v) is 6.97. The van der Waals surface area contributed by atoms with Gasteiger partial charge in [-0.2, -0.15) is 0 Å². The molecule has 42 heavy (non-hydrogen) atoms. The van der Waals surface area contributed by atoms with Gasteiger partial charge in [0.15, 0.2) is 11.6 Å². The summed E-state index contributed by atoms with van der Waals surface area (Å²) in [5.41, 5.74) is 5.16. The van der Waals surface area contributed by atoms with Gasteiger partial charge in [0.2, 0.25) is 5.90 Å². The Morgan fingerprint density at radius 3 is 2.40 bits per heavy atom. The second-order valence-corrected chi connectivity index (χ2v) is 12.4. The van der Waals surface area contributed by atoms with Crippen LogP contribution in [0.4, 0.5) is 0 Å². The second-order valence-electron chi connectivity index (χ2n) is 11.5. The Morgan fingerprint density at radius 2 is 1.79 bits per heavy atom. The first-order valence-electron chi connectivity index (χ1n) is 14.2. The molecule has 1 aliphatic heterocycles. The molecule has 0 fully saturated rings. The number of nitrogens with zero attached hydrogens (tertiary/aromatic N) is 2. The summed E-state index contributed by atoms with van der Waals surface area (Å²) in [6.45, 7) is 7.29. The van der Waals surface area contributed by atoms with Gasteiger partial charge in [-0.1, -0.05) is 28.1 Å². The molecule has 1 amide bonds. The number of carbonyl (C=O) groups is 2. The summed E-state index contributed by atoms with van der Waals surface area (Å²) in [4.78, 5) is 33.8. The van der Waals surface area contributed by atoms with E-state index in [1.54, 1.807) is 12.1 Å². The van der Waals surface area contributed by atoms with Gasteiger partial charge >= 0.3 is 5.97 Å². The normalized spacial score (nSPS) is 18.4. The van der Waals surface area contributed by atoms with Crippen molar-refractivity contribution in [1.29, 1.82) is 0 Å². The fourth-order valence-corrected chi connectivity index (χ4v) is 4.69. The van der Waals surface area contributed by atoms with E-state index in [1.165, 1.54) is 0 Å². The highest BCUT2D eigenvalue weighted by molar-refractivity contribution is 9.10. The third kappa shape index (κ3) is 9.79. The van der Waals surface area contributed by atoms with Crippen LogP contribution in [-0.2, 0) is 19.1 Å². The zero-order chi connectivity index (χ0) is 30.8. The Balaban J connectivity index is 1.96. The molecule has 0 spiro atoms. The van der Waals surface area contributed by atoms with Crippen molar-refractivity contribution in [1.82, 2.24) is 15.8 Å². The molecule has 230 valence electrons. The number of hydrogen-bond acceptors (Lipinski definition) is 9. The lowest BCUT2D eigenvalue weighted by molar-refractivity contribution is -0.155. The van der Waals surface area contributed by atoms with Crippen molar-refractivity contribution in [2.75, 3.05) is 40.4 Å². The van der Waals surface area contributed by atoms with Gasteiger partial charge in [0.25, 0.3) is 5.91 Å². The Hall–Kier alpha value is -2.99. The van der Waals surface area contributed by atoms with Crippen molar-refractivity contribution >= 4 is 33.7 Å².